The topological polar surface area (TPSA) is 75.1 Å². The number of aromatic nitrogens is 2. The Balaban J connectivity index is 1.39. The molecule has 3 aromatic rings. The third-order valence-electron chi connectivity index (χ3n) is 5.45. The second kappa shape index (κ2) is 8.45. The Hall–Kier alpha value is -3.68. The van der Waals surface area contributed by atoms with Gasteiger partial charge in [-0.2, -0.15) is 5.10 Å². The third kappa shape index (κ3) is 3.95. The third-order valence-corrected chi connectivity index (χ3v) is 5.45. The molecule has 32 heavy (non-hydrogen) atoms. The number of fused-ring (bicyclic) bond motifs is 2. The number of aryl methyl sites for hydroxylation is 1. The Morgan fingerprint density at radius 3 is 2.41 bits per heavy atom. The van der Waals surface area contributed by atoms with Crippen LogP contribution < -0.4 is 18.9 Å². The molecule has 0 saturated carbocycles. The van der Waals surface area contributed by atoms with Crippen molar-refractivity contribution in [3.8, 4) is 34.3 Å². The molecule has 5 rings (SSSR count). The lowest BCUT2D eigenvalue weighted by molar-refractivity contribution is 0.0785. The molecule has 1 aromatic heterocycles. The first-order chi connectivity index (χ1) is 15.6. The summed E-state index contributed by atoms with van der Waals surface area (Å²) in [5.74, 6) is 2.72. The fourth-order valence-corrected chi connectivity index (χ4v) is 3.91. The van der Waals surface area contributed by atoms with E-state index in [1.807, 2.05) is 43.4 Å². The molecule has 0 atom stereocenters. The minimum atomic E-state index is -0.116. The molecule has 2 aromatic carbocycles. The molecule has 0 radical (unpaired) electrons. The number of benzene rings is 2. The van der Waals surface area contributed by atoms with Crippen molar-refractivity contribution in [2.45, 2.75) is 13.0 Å². The first-order valence-corrected chi connectivity index (χ1v) is 10.7. The first-order valence-electron chi connectivity index (χ1n) is 10.7. The fourth-order valence-electron chi connectivity index (χ4n) is 3.91. The lowest BCUT2D eigenvalue weighted by Crippen LogP contribution is -2.26. The molecule has 0 spiro atoms. The Morgan fingerprint density at radius 1 is 0.938 bits per heavy atom. The van der Waals surface area contributed by atoms with E-state index in [1.165, 1.54) is 0 Å². The van der Waals surface area contributed by atoms with Crippen molar-refractivity contribution in [1.82, 2.24) is 14.7 Å². The van der Waals surface area contributed by atoms with Crippen LogP contribution >= 0.6 is 0 Å². The number of carbonyl (C=O) groups is 1. The molecule has 8 heteroatoms. The standard InChI is InChI=1S/C24H25N3O5/c1-26(14-16-4-6-19-21(12-16)32-11-10-31-19)24(28)18-15-27(2)25-23(18)17-5-7-20-22(13-17)30-9-3-8-29-20/h4-7,12-13,15H,3,8-11,14H2,1-2H3. The van der Waals surface area contributed by atoms with Crippen LogP contribution in [-0.2, 0) is 13.6 Å². The summed E-state index contributed by atoms with van der Waals surface area (Å²) in [5.41, 5.74) is 2.92. The van der Waals surface area contributed by atoms with Crippen LogP contribution in [0, 0.1) is 0 Å². The van der Waals surface area contributed by atoms with Crippen LogP contribution in [0.25, 0.3) is 11.3 Å². The highest BCUT2D eigenvalue weighted by Crippen LogP contribution is 2.35. The van der Waals surface area contributed by atoms with Crippen LogP contribution in [-0.4, -0.2) is 54.1 Å². The molecule has 0 saturated heterocycles. The average Bonchev–Trinajstić information content (AvgIpc) is 3.04. The van der Waals surface area contributed by atoms with Gasteiger partial charge >= 0.3 is 0 Å². The molecular weight excluding hydrogens is 410 g/mol. The van der Waals surface area contributed by atoms with Crippen LogP contribution in [0.3, 0.4) is 0 Å². The van der Waals surface area contributed by atoms with Crippen LogP contribution in [0.2, 0.25) is 0 Å². The Kier molecular flexibility index (Phi) is 5.34. The van der Waals surface area contributed by atoms with Gasteiger partial charge in [0.1, 0.15) is 18.9 Å². The van der Waals surface area contributed by atoms with E-state index in [2.05, 4.69) is 5.10 Å². The molecule has 2 aliphatic heterocycles. The molecule has 0 aliphatic carbocycles. The van der Waals surface area contributed by atoms with Crippen molar-refractivity contribution >= 4 is 5.91 Å². The molecule has 3 heterocycles. The Bertz CT molecular complexity index is 1160. The highest BCUT2D eigenvalue weighted by molar-refractivity contribution is 5.99. The van der Waals surface area contributed by atoms with E-state index in [9.17, 15) is 4.79 Å². The molecule has 0 unspecified atom stereocenters. The fraction of sp³-hybridized carbons (Fsp3) is 0.333. The summed E-state index contributed by atoms with van der Waals surface area (Å²) < 4.78 is 24.4. The predicted molar refractivity (Wildman–Crippen MR) is 117 cm³/mol. The van der Waals surface area contributed by atoms with Gasteiger partial charge in [0, 0.05) is 38.8 Å². The summed E-state index contributed by atoms with van der Waals surface area (Å²) in [6.45, 7) is 2.74. The highest BCUT2D eigenvalue weighted by atomic mass is 16.6. The largest absolute Gasteiger partial charge is 0.490 e. The van der Waals surface area contributed by atoms with Gasteiger partial charge in [-0.25, -0.2) is 0 Å². The van der Waals surface area contributed by atoms with Crippen LogP contribution in [0.4, 0.5) is 0 Å². The maximum Gasteiger partial charge on any atom is 0.257 e. The number of amides is 1. The van der Waals surface area contributed by atoms with Crippen LogP contribution in [0.15, 0.2) is 42.6 Å². The van der Waals surface area contributed by atoms with E-state index in [-0.39, 0.29) is 5.91 Å². The molecule has 2 aliphatic rings. The van der Waals surface area contributed by atoms with E-state index < -0.39 is 0 Å². The molecule has 0 N–H and O–H groups in total. The molecule has 0 bridgehead atoms. The summed E-state index contributed by atoms with van der Waals surface area (Å²) in [6, 6.07) is 11.4. The van der Waals surface area contributed by atoms with Gasteiger partial charge in [-0.15, -0.1) is 0 Å². The average molecular weight is 435 g/mol. The number of rotatable bonds is 4. The van der Waals surface area contributed by atoms with Crippen molar-refractivity contribution in [2.24, 2.45) is 7.05 Å². The second-order valence-electron chi connectivity index (χ2n) is 7.92. The molecular formula is C24H25N3O5. The van der Waals surface area contributed by atoms with E-state index >= 15 is 0 Å². The summed E-state index contributed by atoms with van der Waals surface area (Å²) >= 11 is 0. The zero-order valence-corrected chi connectivity index (χ0v) is 18.2. The zero-order valence-electron chi connectivity index (χ0n) is 18.2. The van der Waals surface area contributed by atoms with Crippen molar-refractivity contribution in [3.05, 3.63) is 53.7 Å². The van der Waals surface area contributed by atoms with Gasteiger partial charge in [0.2, 0.25) is 0 Å². The highest BCUT2D eigenvalue weighted by Gasteiger charge is 2.23. The SMILES string of the molecule is CN(Cc1ccc2c(c1)OCCO2)C(=O)c1cn(C)nc1-c1ccc2c(c1)OCCCO2. The number of carbonyl (C=O) groups excluding carboxylic acids is 1. The van der Waals surface area contributed by atoms with Crippen molar-refractivity contribution in [1.29, 1.82) is 0 Å². The lowest BCUT2D eigenvalue weighted by atomic mass is 10.1. The van der Waals surface area contributed by atoms with Crippen molar-refractivity contribution in [2.75, 3.05) is 33.5 Å². The van der Waals surface area contributed by atoms with Crippen molar-refractivity contribution in [3.63, 3.8) is 0 Å². The second-order valence-corrected chi connectivity index (χ2v) is 7.92. The summed E-state index contributed by atoms with van der Waals surface area (Å²) in [7, 11) is 3.59. The van der Waals surface area contributed by atoms with Gasteiger partial charge in [-0.05, 0) is 35.9 Å². The van der Waals surface area contributed by atoms with Crippen LogP contribution in [0.5, 0.6) is 23.0 Å². The maximum absolute atomic E-state index is 13.3. The monoisotopic (exact) mass is 435 g/mol. The smallest absolute Gasteiger partial charge is 0.257 e. The van der Waals surface area contributed by atoms with Gasteiger partial charge in [-0.3, -0.25) is 9.48 Å². The minimum absolute atomic E-state index is 0.116. The number of hydrogen-bond acceptors (Lipinski definition) is 6. The molecule has 0 fully saturated rings. The Labute approximate surface area is 186 Å². The van der Waals surface area contributed by atoms with Crippen LogP contribution in [0.1, 0.15) is 22.3 Å². The van der Waals surface area contributed by atoms with Crippen molar-refractivity contribution < 1.29 is 23.7 Å². The first kappa shape index (κ1) is 20.2. The quantitative estimate of drug-likeness (QED) is 0.626. The zero-order chi connectivity index (χ0) is 22.1. The summed E-state index contributed by atoms with van der Waals surface area (Å²) in [6.07, 6.45) is 2.59. The van der Waals surface area contributed by atoms with Gasteiger partial charge in [-0.1, -0.05) is 6.07 Å². The van der Waals surface area contributed by atoms with Gasteiger partial charge in [0.25, 0.3) is 5.91 Å². The van der Waals surface area contributed by atoms with Gasteiger partial charge in [0.15, 0.2) is 23.0 Å². The number of ether oxygens (including phenoxy) is 4. The van der Waals surface area contributed by atoms with E-state index in [0.717, 1.165) is 23.3 Å². The summed E-state index contributed by atoms with van der Waals surface area (Å²) in [5, 5.41) is 4.56. The van der Waals surface area contributed by atoms with Gasteiger partial charge in [0.05, 0.1) is 18.8 Å². The molecule has 166 valence electrons. The Morgan fingerprint density at radius 2 is 1.59 bits per heavy atom. The summed E-state index contributed by atoms with van der Waals surface area (Å²) in [4.78, 5) is 15.0. The van der Waals surface area contributed by atoms with E-state index in [4.69, 9.17) is 18.9 Å². The predicted octanol–water partition coefficient (Wildman–Crippen LogP) is 3.29. The van der Waals surface area contributed by atoms with Gasteiger partial charge < -0.3 is 23.8 Å². The number of hydrogen-bond donors (Lipinski definition) is 0. The van der Waals surface area contributed by atoms with E-state index in [1.54, 1.807) is 22.8 Å². The maximum atomic E-state index is 13.3. The molecule has 1 amide bonds. The minimum Gasteiger partial charge on any atom is -0.490 e. The lowest BCUT2D eigenvalue weighted by Gasteiger charge is -2.21. The number of nitrogens with zero attached hydrogens (tertiary/aromatic N) is 3. The normalized spacial score (nSPS) is 14.6. The molecule has 8 nitrogen and oxygen atoms in total. The van der Waals surface area contributed by atoms with E-state index in [0.29, 0.717) is 61.5 Å².